The van der Waals surface area contributed by atoms with Crippen LogP contribution in [0.25, 0.3) is 0 Å². The fraction of sp³-hybridized carbons (Fsp3) is 0.840. The monoisotopic (exact) mass is 376 g/mol. The quantitative estimate of drug-likeness (QED) is 0.230. The topological polar surface area (TPSA) is 18.5 Å². The SMILES string of the molecule is CC=CCCCC=C[C@H]1CCC[C@@H]1CCCCCCCOC1CCCCO1. The van der Waals surface area contributed by atoms with Gasteiger partial charge in [-0.3, -0.25) is 0 Å². The Bertz CT molecular complexity index is 395. The maximum atomic E-state index is 5.82. The number of ether oxygens (including phenoxy) is 2. The molecule has 0 aromatic heterocycles. The first kappa shape index (κ1) is 22.7. The minimum atomic E-state index is 0.0919. The van der Waals surface area contributed by atoms with Gasteiger partial charge < -0.3 is 9.47 Å². The Hall–Kier alpha value is -0.600. The summed E-state index contributed by atoms with van der Waals surface area (Å²) in [5.41, 5.74) is 0. The molecule has 0 aromatic rings. The van der Waals surface area contributed by atoms with E-state index in [1.165, 1.54) is 89.9 Å². The van der Waals surface area contributed by atoms with Gasteiger partial charge in [0, 0.05) is 13.2 Å². The molecule has 0 aromatic carbocycles. The number of hydrogen-bond acceptors (Lipinski definition) is 2. The number of rotatable bonds is 14. The van der Waals surface area contributed by atoms with E-state index in [9.17, 15) is 0 Å². The zero-order valence-electron chi connectivity index (χ0n) is 17.9. The van der Waals surface area contributed by atoms with Crippen LogP contribution in [0.1, 0.15) is 103 Å². The molecule has 1 aliphatic heterocycles. The Labute approximate surface area is 168 Å². The molecular formula is C25H44O2. The van der Waals surface area contributed by atoms with Crippen LogP contribution < -0.4 is 0 Å². The molecule has 0 amide bonds. The summed E-state index contributed by atoms with van der Waals surface area (Å²) in [6, 6.07) is 0. The van der Waals surface area contributed by atoms with E-state index in [2.05, 4.69) is 31.2 Å². The molecule has 0 radical (unpaired) electrons. The molecule has 1 unspecified atom stereocenters. The van der Waals surface area contributed by atoms with Crippen molar-refractivity contribution in [3.8, 4) is 0 Å². The lowest BCUT2D eigenvalue weighted by atomic mass is 9.90. The summed E-state index contributed by atoms with van der Waals surface area (Å²) in [5, 5.41) is 0. The van der Waals surface area contributed by atoms with Crippen molar-refractivity contribution in [3.05, 3.63) is 24.3 Å². The molecule has 1 aliphatic carbocycles. The smallest absolute Gasteiger partial charge is 0.157 e. The summed E-state index contributed by atoms with van der Waals surface area (Å²) in [7, 11) is 0. The van der Waals surface area contributed by atoms with Crippen LogP contribution in [0.2, 0.25) is 0 Å². The third-order valence-electron chi connectivity index (χ3n) is 6.24. The van der Waals surface area contributed by atoms with Crippen LogP contribution in [0.15, 0.2) is 24.3 Å². The Morgan fingerprint density at radius 1 is 0.852 bits per heavy atom. The van der Waals surface area contributed by atoms with Crippen molar-refractivity contribution in [1.29, 1.82) is 0 Å². The van der Waals surface area contributed by atoms with E-state index in [1.807, 2.05) is 0 Å². The molecule has 2 aliphatic rings. The van der Waals surface area contributed by atoms with Crippen LogP contribution in [0, 0.1) is 11.8 Å². The highest BCUT2D eigenvalue weighted by molar-refractivity contribution is 4.95. The molecule has 2 heteroatoms. The predicted octanol–water partition coefficient (Wildman–Crippen LogP) is 7.59. The maximum Gasteiger partial charge on any atom is 0.157 e. The van der Waals surface area contributed by atoms with E-state index >= 15 is 0 Å². The van der Waals surface area contributed by atoms with Crippen LogP contribution >= 0.6 is 0 Å². The molecule has 156 valence electrons. The van der Waals surface area contributed by atoms with E-state index < -0.39 is 0 Å². The van der Waals surface area contributed by atoms with Gasteiger partial charge in [-0.25, -0.2) is 0 Å². The molecule has 2 rings (SSSR count). The van der Waals surface area contributed by atoms with Gasteiger partial charge in [0.25, 0.3) is 0 Å². The lowest BCUT2D eigenvalue weighted by molar-refractivity contribution is -0.162. The average Bonchev–Trinajstić information content (AvgIpc) is 3.15. The summed E-state index contributed by atoms with van der Waals surface area (Å²) in [4.78, 5) is 0. The van der Waals surface area contributed by atoms with Gasteiger partial charge in [0.2, 0.25) is 0 Å². The Morgan fingerprint density at radius 2 is 1.70 bits per heavy atom. The molecule has 2 fully saturated rings. The van der Waals surface area contributed by atoms with Crippen LogP contribution in [0.3, 0.4) is 0 Å². The predicted molar refractivity (Wildman–Crippen MR) is 116 cm³/mol. The van der Waals surface area contributed by atoms with Gasteiger partial charge >= 0.3 is 0 Å². The zero-order valence-corrected chi connectivity index (χ0v) is 17.9. The first-order valence-electron chi connectivity index (χ1n) is 11.9. The van der Waals surface area contributed by atoms with Crippen molar-refractivity contribution in [3.63, 3.8) is 0 Å². The van der Waals surface area contributed by atoms with Crippen molar-refractivity contribution in [2.75, 3.05) is 13.2 Å². The first-order chi connectivity index (χ1) is 13.4. The van der Waals surface area contributed by atoms with Gasteiger partial charge in [0.15, 0.2) is 6.29 Å². The van der Waals surface area contributed by atoms with Crippen LogP contribution in [0.4, 0.5) is 0 Å². The van der Waals surface area contributed by atoms with Crippen molar-refractivity contribution >= 4 is 0 Å². The van der Waals surface area contributed by atoms with E-state index in [4.69, 9.17) is 9.47 Å². The standard InChI is InChI=1S/C25H44O2/c1-2-3-4-5-7-10-16-23-18-15-19-24(23)17-11-8-6-9-13-21-26-25-20-12-14-22-27-25/h2-3,10,16,23-25H,4-9,11-15,17-22H2,1H3/t23-,24-,25?/m0/s1. The van der Waals surface area contributed by atoms with E-state index in [0.29, 0.717) is 0 Å². The van der Waals surface area contributed by atoms with E-state index in [1.54, 1.807) is 0 Å². The fourth-order valence-corrected chi connectivity index (χ4v) is 4.56. The summed E-state index contributed by atoms with van der Waals surface area (Å²) in [6.45, 7) is 3.88. The van der Waals surface area contributed by atoms with Crippen LogP contribution in [0.5, 0.6) is 0 Å². The van der Waals surface area contributed by atoms with Gasteiger partial charge in [-0.2, -0.15) is 0 Å². The third kappa shape index (κ3) is 10.5. The fourth-order valence-electron chi connectivity index (χ4n) is 4.56. The molecule has 1 saturated heterocycles. The molecule has 1 saturated carbocycles. The van der Waals surface area contributed by atoms with Gasteiger partial charge in [0.1, 0.15) is 0 Å². The van der Waals surface area contributed by atoms with E-state index in [-0.39, 0.29) is 6.29 Å². The first-order valence-corrected chi connectivity index (χ1v) is 11.9. The van der Waals surface area contributed by atoms with E-state index in [0.717, 1.165) is 31.5 Å². The lowest BCUT2D eigenvalue weighted by Crippen LogP contribution is -2.22. The molecule has 1 heterocycles. The molecule has 2 nitrogen and oxygen atoms in total. The van der Waals surface area contributed by atoms with Gasteiger partial charge in [-0.05, 0) is 83.0 Å². The Balaban J connectivity index is 1.42. The maximum absolute atomic E-state index is 5.82. The van der Waals surface area contributed by atoms with Gasteiger partial charge in [-0.15, -0.1) is 0 Å². The van der Waals surface area contributed by atoms with Crippen LogP contribution in [-0.2, 0) is 9.47 Å². The van der Waals surface area contributed by atoms with Crippen LogP contribution in [-0.4, -0.2) is 19.5 Å². The largest absolute Gasteiger partial charge is 0.353 e. The molecule has 3 atom stereocenters. The Morgan fingerprint density at radius 3 is 2.56 bits per heavy atom. The molecule has 0 bridgehead atoms. The second-order valence-corrected chi connectivity index (χ2v) is 8.51. The molecular weight excluding hydrogens is 332 g/mol. The molecule has 0 N–H and O–H groups in total. The van der Waals surface area contributed by atoms with Crippen molar-refractivity contribution in [2.24, 2.45) is 11.8 Å². The number of hydrogen-bond donors (Lipinski definition) is 0. The van der Waals surface area contributed by atoms with Crippen molar-refractivity contribution in [2.45, 2.75) is 110 Å². The summed E-state index contributed by atoms with van der Waals surface area (Å²) in [5.74, 6) is 1.83. The summed E-state index contributed by atoms with van der Waals surface area (Å²) < 4.78 is 11.4. The average molecular weight is 377 g/mol. The zero-order chi connectivity index (χ0) is 19.0. The second-order valence-electron chi connectivity index (χ2n) is 8.51. The normalized spacial score (nSPS) is 26.5. The lowest BCUT2D eigenvalue weighted by Gasteiger charge is -2.22. The minimum Gasteiger partial charge on any atom is -0.353 e. The third-order valence-corrected chi connectivity index (χ3v) is 6.24. The number of unbranched alkanes of at least 4 members (excludes halogenated alkanes) is 6. The minimum absolute atomic E-state index is 0.0919. The second kappa shape index (κ2) is 15.3. The highest BCUT2D eigenvalue weighted by Gasteiger charge is 2.24. The molecule has 0 spiro atoms. The van der Waals surface area contributed by atoms with Gasteiger partial charge in [0.05, 0.1) is 0 Å². The summed E-state index contributed by atoms with van der Waals surface area (Å²) >= 11 is 0. The Kier molecular flexibility index (Phi) is 12.9. The highest BCUT2D eigenvalue weighted by atomic mass is 16.7. The highest BCUT2D eigenvalue weighted by Crippen LogP contribution is 2.36. The number of allylic oxidation sites excluding steroid dienone is 4. The molecule has 27 heavy (non-hydrogen) atoms. The van der Waals surface area contributed by atoms with Crippen molar-refractivity contribution in [1.82, 2.24) is 0 Å². The van der Waals surface area contributed by atoms with Gasteiger partial charge in [-0.1, -0.05) is 56.4 Å². The summed E-state index contributed by atoms with van der Waals surface area (Å²) in [6.07, 6.45) is 29.4. The van der Waals surface area contributed by atoms with Crippen molar-refractivity contribution < 1.29 is 9.47 Å².